The first-order chi connectivity index (χ1) is 14.4. The van der Waals surface area contributed by atoms with Crippen LogP contribution in [0.15, 0.2) is 53.5 Å². The molecule has 2 unspecified atom stereocenters. The fourth-order valence-electron chi connectivity index (χ4n) is 3.49. The van der Waals surface area contributed by atoms with Gasteiger partial charge in [0.15, 0.2) is 15.0 Å². The van der Waals surface area contributed by atoms with E-state index in [-0.39, 0.29) is 28.7 Å². The molecule has 0 saturated carbocycles. The molecule has 9 heteroatoms. The molecule has 2 aliphatic heterocycles. The molecule has 1 saturated heterocycles. The number of aliphatic imine (C=N–C) groups is 1. The largest absolute Gasteiger partial charge is 0.355 e. The normalized spacial score (nSPS) is 21.7. The lowest BCUT2D eigenvalue weighted by atomic mass is 10.1. The lowest BCUT2D eigenvalue weighted by Gasteiger charge is -2.09. The number of thioether (sulfide) groups is 1. The van der Waals surface area contributed by atoms with E-state index < -0.39 is 9.84 Å². The van der Waals surface area contributed by atoms with Gasteiger partial charge >= 0.3 is 0 Å². The second kappa shape index (κ2) is 8.99. The average Bonchev–Trinajstić information content (AvgIpc) is 3.17. The van der Waals surface area contributed by atoms with Gasteiger partial charge in [0.1, 0.15) is 0 Å². The predicted octanol–water partition coefficient (Wildman–Crippen LogP) is 2.92. The monoisotopic (exact) mass is 463 g/mol. The molecule has 2 atom stereocenters. The number of halogens is 1. The van der Waals surface area contributed by atoms with Crippen molar-refractivity contribution in [3.8, 4) is 0 Å². The maximum absolute atomic E-state index is 12.2. The number of carbonyl (C=O) groups is 1. The number of sulfone groups is 1. The van der Waals surface area contributed by atoms with E-state index in [1.165, 1.54) is 11.8 Å². The fourth-order valence-corrected chi connectivity index (χ4v) is 7.29. The van der Waals surface area contributed by atoms with Gasteiger partial charge in [-0.15, -0.1) is 0 Å². The Balaban J connectivity index is 1.23. The average molecular weight is 464 g/mol. The summed E-state index contributed by atoms with van der Waals surface area (Å²) in [6.07, 6.45) is 1.08. The van der Waals surface area contributed by atoms with Crippen LogP contribution in [0, 0.1) is 0 Å². The summed E-state index contributed by atoms with van der Waals surface area (Å²) < 4.78 is 23.3. The Morgan fingerprint density at radius 2 is 1.77 bits per heavy atom. The molecule has 2 N–H and O–H groups in total. The Morgan fingerprint density at radius 1 is 1.07 bits per heavy atom. The molecule has 0 spiro atoms. The topological polar surface area (TPSA) is 87.6 Å². The van der Waals surface area contributed by atoms with E-state index in [4.69, 9.17) is 11.6 Å². The van der Waals surface area contributed by atoms with Crippen LogP contribution in [0.25, 0.3) is 0 Å². The van der Waals surface area contributed by atoms with Crippen LogP contribution in [-0.2, 0) is 27.5 Å². The molecule has 2 aromatic rings. The standard InChI is InChI=1S/C21H22ClN3O3S2/c22-16-5-1-14(2-6-16)9-10-23-20(26)11-15-3-7-17(8-4-15)24-21-25-18-12-30(27,28)13-19(18)29-21/h1-8,18-19H,9-13H2,(H,23,26)(H,24,25). The van der Waals surface area contributed by atoms with Gasteiger partial charge in [-0.1, -0.05) is 47.6 Å². The number of hydrogen-bond donors (Lipinski definition) is 2. The first kappa shape index (κ1) is 21.2. The van der Waals surface area contributed by atoms with Crippen molar-refractivity contribution in [1.82, 2.24) is 5.32 Å². The van der Waals surface area contributed by atoms with Gasteiger partial charge in [-0.3, -0.25) is 9.79 Å². The van der Waals surface area contributed by atoms with Gasteiger partial charge in [0, 0.05) is 22.5 Å². The molecule has 30 heavy (non-hydrogen) atoms. The number of rotatable bonds is 6. The van der Waals surface area contributed by atoms with Crippen molar-refractivity contribution < 1.29 is 13.2 Å². The van der Waals surface area contributed by atoms with Gasteiger partial charge in [-0.05, 0) is 41.8 Å². The van der Waals surface area contributed by atoms with Crippen LogP contribution in [-0.4, -0.2) is 48.8 Å². The molecule has 6 nitrogen and oxygen atoms in total. The summed E-state index contributed by atoms with van der Waals surface area (Å²) in [6.45, 7) is 0.579. The highest BCUT2D eigenvalue weighted by Crippen LogP contribution is 2.34. The van der Waals surface area contributed by atoms with Crippen LogP contribution in [0.2, 0.25) is 5.02 Å². The third kappa shape index (κ3) is 5.56. The van der Waals surface area contributed by atoms with E-state index in [9.17, 15) is 13.2 Å². The SMILES string of the molecule is O=C(Cc1ccc(NC2=NC3CS(=O)(=O)CC3S2)cc1)NCCc1ccc(Cl)cc1. The summed E-state index contributed by atoms with van der Waals surface area (Å²) in [5.74, 6) is 0.319. The maximum atomic E-state index is 12.2. The van der Waals surface area contributed by atoms with E-state index in [2.05, 4.69) is 15.6 Å². The van der Waals surface area contributed by atoms with E-state index in [1.807, 2.05) is 48.5 Å². The molecule has 0 aromatic heterocycles. The highest BCUT2D eigenvalue weighted by Gasteiger charge is 2.42. The Bertz CT molecular complexity index is 1050. The van der Waals surface area contributed by atoms with Crippen molar-refractivity contribution in [3.63, 3.8) is 0 Å². The second-order valence-corrected chi connectivity index (χ2v) is 11.3. The van der Waals surface area contributed by atoms with E-state index in [0.717, 1.165) is 28.4 Å². The molecular formula is C21H22ClN3O3S2. The number of benzene rings is 2. The molecule has 0 radical (unpaired) electrons. The summed E-state index contributed by atoms with van der Waals surface area (Å²) in [4.78, 5) is 16.7. The van der Waals surface area contributed by atoms with Crippen molar-refractivity contribution in [2.24, 2.45) is 4.99 Å². The Morgan fingerprint density at radius 3 is 2.47 bits per heavy atom. The number of hydrogen-bond acceptors (Lipinski definition) is 6. The van der Waals surface area contributed by atoms with E-state index >= 15 is 0 Å². The summed E-state index contributed by atoms with van der Waals surface area (Å²) in [7, 11) is -2.94. The van der Waals surface area contributed by atoms with Gasteiger partial charge < -0.3 is 10.6 Å². The molecule has 0 bridgehead atoms. The van der Waals surface area contributed by atoms with Crippen molar-refractivity contribution >= 4 is 50.0 Å². The van der Waals surface area contributed by atoms with Crippen LogP contribution >= 0.6 is 23.4 Å². The predicted molar refractivity (Wildman–Crippen MR) is 123 cm³/mol. The quantitative estimate of drug-likeness (QED) is 0.687. The first-order valence-electron chi connectivity index (χ1n) is 9.68. The van der Waals surface area contributed by atoms with Gasteiger partial charge in [0.25, 0.3) is 0 Å². The highest BCUT2D eigenvalue weighted by molar-refractivity contribution is 8.15. The molecular weight excluding hydrogens is 442 g/mol. The summed E-state index contributed by atoms with van der Waals surface area (Å²) in [6, 6.07) is 15.1. The molecule has 4 rings (SSSR count). The van der Waals surface area contributed by atoms with Crippen molar-refractivity contribution in [2.45, 2.75) is 24.1 Å². The van der Waals surface area contributed by atoms with Crippen LogP contribution in [0.4, 0.5) is 5.69 Å². The summed E-state index contributed by atoms with van der Waals surface area (Å²) in [5, 5.41) is 7.66. The molecule has 2 heterocycles. The number of carbonyl (C=O) groups excluding carboxylic acids is 1. The number of amides is 1. The van der Waals surface area contributed by atoms with Crippen molar-refractivity contribution in [3.05, 3.63) is 64.7 Å². The number of fused-ring (bicyclic) bond motifs is 1. The van der Waals surface area contributed by atoms with Crippen LogP contribution in [0.1, 0.15) is 11.1 Å². The maximum Gasteiger partial charge on any atom is 0.224 e. The second-order valence-electron chi connectivity index (χ2n) is 7.46. The highest BCUT2D eigenvalue weighted by atomic mass is 35.5. The molecule has 1 fully saturated rings. The van der Waals surface area contributed by atoms with Crippen LogP contribution in [0.3, 0.4) is 0 Å². The number of nitrogens with one attached hydrogen (secondary N) is 2. The number of nitrogens with zero attached hydrogens (tertiary/aromatic N) is 1. The summed E-state index contributed by atoms with van der Waals surface area (Å²) >= 11 is 7.36. The zero-order valence-electron chi connectivity index (χ0n) is 16.2. The van der Waals surface area contributed by atoms with Crippen molar-refractivity contribution in [1.29, 1.82) is 0 Å². The minimum Gasteiger partial charge on any atom is -0.355 e. The first-order valence-corrected chi connectivity index (χ1v) is 12.8. The van der Waals surface area contributed by atoms with Crippen molar-refractivity contribution in [2.75, 3.05) is 23.4 Å². The zero-order chi connectivity index (χ0) is 21.1. The molecule has 158 valence electrons. The Hall–Kier alpha value is -2.03. The Kier molecular flexibility index (Phi) is 6.36. The minimum absolute atomic E-state index is 0.0190. The zero-order valence-corrected chi connectivity index (χ0v) is 18.6. The van der Waals surface area contributed by atoms with Gasteiger partial charge in [0.05, 0.1) is 24.0 Å². The lowest BCUT2D eigenvalue weighted by molar-refractivity contribution is -0.120. The minimum atomic E-state index is -2.94. The smallest absolute Gasteiger partial charge is 0.224 e. The van der Waals surface area contributed by atoms with Gasteiger partial charge in [-0.25, -0.2) is 8.42 Å². The van der Waals surface area contributed by atoms with E-state index in [1.54, 1.807) is 0 Å². The van der Waals surface area contributed by atoms with Crippen LogP contribution < -0.4 is 10.6 Å². The van der Waals surface area contributed by atoms with E-state index in [0.29, 0.717) is 18.0 Å². The number of anilines is 1. The van der Waals surface area contributed by atoms with Crippen LogP contribution in [0.5, 0.6) is 0 Å². The molecule has 2 aliphatic rings. The third-order valence-corrected chi connectivity index (χ3v) is 8.43. The molecule has 2 aromatic carbocycles. The van der Waals surface area contributed by atoms with Gasteiger partial charge in [-0.2, -0.15) is 0 Å². The number of amidine groups is 1. The third-order valence-electron chi connectivity index (χ3n) is 5.04. The molecule has 1 amide bonds. The Labute approximate surface area is 185 Å². The fraction of sp³-hybridized carbons (Fsp3) is 0.333. The lowest BCUT2D eigenvalue weighted by Crippen LogP contribution is -2.27. The molecule has 0 aliphatic carbocycles. The van der Waals surface area contributed by atoms with Gasteiger partial charge in [0.2, 0.25) is 5.91 Å². The summed E-state index contributed by atoms with van der Waals surface area (Å²) in [5.41, 5.74) is 2.93.